The number of ether oxygens (including phenoxy) is 2. The van der Waals surface area contributed by atoms with Gasteiger partial charge in [0.25, 0.3) is 5.91 Å². The number of hydrogen-bond donors (Lipinski definition) is 0. The van der Waals surface area contributed by atoms with E-state index in [1.54, 1.807) is 12.1 Å². The number of nitrogens with zero attached hydrogens (tertiary/aromatic N) is 1. The summed E-state index contributed by atoms with van der Waals surface area (Å²) < 4.78 is 50.5. The Kier molecular flexibility index (Phi) is 6.17. The average Bonchev–Trinajstić information content (AvgIpc) is 3.43. The van der Waals surface area contributed by atoms with Crippen LogP contribution in [0.5, 0.6) is 5.75 Å². The first-order chi connectivity index (χ1) is 17.2. The number of anilines is 1. The van der Waals surface area contributed by atoms with Gasteiger partial charge in [0, 0.05) is 16.0 Å². The Labute approximate surface area is 208 Å². The van der Waals surface area contributed by atoms with Crippen LogP contribution in [-0.4, -0.2) is 19.0 Å². The number of benzene rings is 3. The van der Waals surface area contributed by atoms with Crippen molar-refractivity contribution in [2.45, 2.75) is 25.7 Å². The number of fused-ring (bicyclic) bond motifs is 2. The zero-order chi connectivity index (χ0) is 25.4. The van der Waals surface area contributed by atoms with E-state index in [2.05, 4.69) is 0 Å². The topological polar surface area (TPSA) is 55.8 Å². The van der Waals surface area contributed by atoms with Gasteiger partial charge < -0.3 is 14.4 Å². The van der Waals surface area contributed by atoms with E-state index >= 15 is 0 Å². The van der Waals surface area contributed by atoms with E-state index in [1.165, 1.54) is 35.5 Å². The smallest absolute Gasteiger partial charge is 0.416 e. The van der Waals surface area contributed by atoms with E-state index in [0.29, 0.717) is 17.0 Å². The molecule has 36 heavy (non-hydrogen) atoms. The van der Waals surface area contributed by atoms with Crippen LogP contribution in [0.15, 0.2) is 66.0 Å². The lowest BCUT2D eigenvalue weighted by molar-refractivity contribution is -0.140. The fourth-order valence-electron chi connectivity index (χ4n) is 4.25. The molecule has 0 N–H and O–H groups in total. The minimum Gasteiger partial charge on any atom is -0.489 e. The van der Waals surface area contributed by atoms with Gasteiger partial charge in [-0.2, -0.15) is 13.2 Å². The SMILES string of the molecule is COC(=O)Cc1csc2cc(OCc3cccc4c3CN(c3ccc(C(F)(F)F)cc3)C4=O)ccc12. The summed E-state index contributed by atoms with van der Waals surface area (Å²) in [6, 6.07) is 15.6. The number of esters is 1. The summed E-state index contributed by atoms with van der Waals surface area (Å²) >= 11 is 1.51. The van der Waals surface area contributed by atoms with Crippen LogP contribution in [0.4, 0.5) is 18.9 Å². The number of thiophene rings is 1. The van der Waals surface area contributed by atoms with E-state index < -0.39 is 11.7 Å². The summed E-state index contributed by atoms with van der Waals surface area (Å²) in [5, 5.41) is 2.90. The van der Waals surface area contributed by atoms with Gasteiger partial charge in [-0.05, 0) is 76.0 Å². The number of alkyl halides is 3. The molecule has 1 amide bonds. The Morgan fingerprint density at radius 1 is 1.06 bits per heavy atom. The molecule has 5 rings (SSSR count). The normalized spacial score (nSPS) is 13.2. The second-order valence-electron chi connectivity index (χ2n) is 8.34. The van der Waals surface area contributed by atoms with Gasteiger partial charge in [-0.15, -0.1) is 11.3 Å². The summed E-state index contributed by atoms with van der Waals surface area (Å²) in [5.74, 6) is 0.0908. The number of rotatable bonds is 6. The van der Waals surface area contributed by atoms with Gasteiger partial charge in [0.1, 0.15) is 12.4 Å². The van der Waals surface area contributed by atoms with Crippen LogP contribution in [0.25, 0.3) is 10.1 Å². The van der Waals surface area contributed by atoms with Gasteiger partial charge in [-0.25, -0.2) is 0 Å². The molecule has 0 radical (unpaired) electrons. The molecule has 5 nitrogen and oxygen atoms in total. The van der Waals surface area contributed by atoms with Crippen molar-refractivity contribution in [1.29, 1.82) is 0 Å². The maximum Gasteiger partial charge on any atom is 0.416 e. The Balaban J connectivity index is 1.32. The summed E-state index contributed by atoms with van der Waals surface area (Å²) in [5.41, 5.74) is 2.67. The maximum atomic E-state index is 13.0. The van der Waals surface area contributed by atoms with Gasteiger partial charge in [-0.3, -0.25) is 9.59 Å². The minimum absolute atomic E-state index is 0.205. The molecular formula is C27H20F3NO4S. The monoisotopic (exact) mass is 511 g/mol. The number of halogens is 3. The third-order valence-corrected chi connectivity index (χ3v) is 7.15. The van der Waals surface area contributed by atoms with Crippen molar-refractivity contribution in [1.82, 2.24) is 0 Å². The lowest BCUT2D eigenvalue weighted by Crippen LogP contribution is -2.23. The van der Waals surface area contributed by atoms with Gasteiger partial charge in [0.15, 0.2) is 0 Å². The zero-order valence-corrected chi connectivity index (χ0v) is 19.9. The highest BCUT2D eigenvalue weighted by Crippen LogP contribution is 2.35. The Morgan fingerprint density at radius 2 is 1.83 bits per heavy atom. The van der Waals surface area contributed by atoms with Gasteiger partial charge >= 0.3 is 12.1 Å². The quantitative estimate of drug-likeness (QED) is 0.282. The van der Waals surface area contributed by atoms with Crippen molar-refractivity contribution in [2.75, 3.05) is 12.0 Å². The van der Waals surface area contributed by atoms with Crippen LogP contribution in [0.2, 0.25) is 0 Å². The zero-order valence-electron chi connectivity index (χ0n) is 19.1. The molecule has 1 aromatic heterocycles. The van der Waals surface area contributed by atoms with Crippen LogP contribution in [-0.2, 0) is 35.3 Å². The lowest BCUT2D eigenvalue weighted by Gasteiger charge is -2.17. The first kappa shape index (κ1) is 23.9. The molecule has 2 heterocycles. The van der Waals surface area contributed by atoms with E-state index in [0.717, 1.165) is 38.9 Å². The van der Waals surface area contributed by atoms with Gasteiger partial charge in [0.2, 0.25) is 0 Å². The molecule has 0 saturated carbocycles. The van der Waals surface area contributed by atoms with Gasteiger partial charge in [-0.1, -0.05) is 12.1 Å². The Morgan fingerprint density at radius 3 is 2.56 bits per heavy atom. The van der Waals surface area contributed by atoms with Crippen LogP contribution in [0, 0.1) is 0 Å². The van der Waals surface area contributed by atoms with Crippen LogP contribution < -0.4 is 9.64 Å². The minimum atomic E-state index is -4.43. The lowest BCUT2D eigenvalue weighted by atomic mass is 10.0. The van der Waals surface area contributed by atoms with Crippen molar-refractivity contribution in [3.05, 3.63) is 93.9 Å². The molecule has 184 valence electrons. The first-order valence-corrected chi connectivity index (χ1v) is 11.9. The average molecular weight is 512 g/mol. The van der Waals surface area contributed by atoms with Crippen LogP contribution in [0.1, 0.15) is 32.6 Å². The number of amides is 1. The van der Waals surface area contributed by atoms with Crippen molar-refractivity contribution in [2.24, 2.45) is 0 Å². The van der Waals surface area contributed by atoms with Gasteiger partial charge in [0.05, 0.1) is 25.6 Å². The standard InChI is InChI=1S/C27H20F3NO4S/c1-34-25(32)11-17-15-36-24-12-20(9-10-21(17)24)35-14-16-3-2-4-22-23(16)13-31(26(22)33)19-7-5-18(6-8-19)27(28,29)30/h2-10,12,15H,11,13-14H2,1H3. The predicted octanol–water partition coefficient (Wildman–Crippen LogP) is 6.38. The molecule has 0 aliphatic carbocycles. The number of carbonyl (C=O) groups is 2. The first-order valence-electron chi connectivity index (χ1n) is 11.0. The van der Waals surface area contributed by atoms with Crippen molar-refractivity contribution < 1.29 is 32.2 Å². The predicted molar refractivity (Wildman–Crippen MR) is 130 cm³/mol. The highest BCUT2D eigenvalue weighted by Gasteiger charge is 2.33. The summed E-state index contributed by atoms with van der Waals surface area (Å²) in [7, 11) is 1.36. The van der Waals surface area contributed by atoms with E-state index in [9.17, 15) is 22.8 Å². The fraction of sp³-hybridized carbons (Fsp3) is 0.185. The molecule has 9 heteroatoms. The third-order valence-electron chi connectivity index (χ3n) is 6.16. The highest BCUT2D eigenvalue weighted by atomic mass is 32.1. The second kappa shape index (κ2) is 9.31. The highest BCUT2D eigenvalue weighted by molar-refractivity contribution is 7.17. The van der Waals surface area contributed by atoms with Crippen LogP contribution in [0.3, 0.4) is 0 Å². The molecular weight excluding hydrogens is 491 g/mol. The number of methoxy groups -OCH3 is 1. The molecule has 1 aliphatic heterocycles. The third kappa shape index (κ3) is 4.54. The van der Waals surface area contributed by atoms with Crippen LogP contribution >= 0.6 is 11.3 Å². The largest absolute Gasteiger partial charge is 0.489 e. The molecule has 3 aromatic carbocycles. The molecule has 4 aromatic rings. The molecule has 0 fully saturated rings. The molecule has 1 aliphatic rings. The van der Waals surface area contributed by atoms with E-state index in [4.69, 9.17) is 9.47 Å². The van der Waals surface area contributed by atoms with Crippen molar-refractivity contribution in [3.8, 4) is 5.75 Å². The molecule has 0 spiro atoms. The summed E-state index contributed by atoms with van der Waals surface area (Å²) in [6.45, 7) is 0.475. The Hall–Kier alpha value is -3.85. The maximum absolute atomic E-state index is 13.0. The summed E-state index contributed by atoms with van der Waals surface area (Å²) in [6.07, 6.45) is -4.23. The summed E-state index contributed by atoms with van der Waals surface area (Å²) in [4.78, 5) is 26.1. The van der Waals surface area contributed by atoms with Crippen molar-refractivity contribution in [3.63, 3.8) is 0 Å². The van der Waals surface area contributed by atoms with E-state index in [-0.39, 0.29) is 31.4 Å². The molecule has 0 bridgehead atoms. The molecule has 0 saturated heterocycles. The van der Waals surface area contributed by atoms with E-state index in [1.807, 2.05) is 29.6 Å². The Bertz CT molecular complexity index is 1460. The number of hydrogen-bond acceptors (Lipinski definition) is 5. The molecule has 0 unspecified atom stereocenters. The second-order valence-corrected chi connectivity index (χ2v) is 9.25. The fourth-order valence-corrected chi connectivity index (χ4v) is 5.24. The number of carbonyl (C=O) groups excluding carboxylic acids is 2. The molecule has 0 atom stereocenters. The van der Waals surface area contributed by atoms with Crippen molar-refractivity contribution >= 4 is 39.0 Å².